The van der Waals surface area contributed by atoms with Gasteiger partial charge in [0.05, 0.1) is 19.8 Å². The van der Waals surface area contributed by atoms with Gasteiger partial charge in [-0.25, -0.2) is 4.99 Å². The number of rotatable bonds is 6. The molecule has 0 spiro atoms. The summed E-state index contributed by atoms with van der Waals surface area (Å²) in [6, 6.07) is 9.69. The van der Waals surface area contributed by atoms with Gasteiger partial charge in [0, 0.05) is 45.3 Å². The lowest BCUT2D eigenvalue weighted by atomic mass is 10.1. The highest BCUT2D eigenvalue weighted by Gasteiger charge is 2.30. The number of likely N-dealkylation sites (tertiary alicyclic amines) is 2. The zero-order valence-electron chi connectivity index (χ0n) is 19.4. The van der Waals surface area contributed by atoms with Crippen molar-refractivity contribution < 1.29 is 4.74 Å². The van der Waals surface area contributed by atoms with Crippen LogP contribution in [-0.4, -0.2) is 85.7 Å². The molecule has 3 saturated heterocycles. The zero-order valence-corrected chi connectivity index (χ0v) is 19.4. The van der Waals surface area contributed by atoms with Crippen LogP contribution < -0.4 is 5.32 Å². The van der Waals surface area contributed by atoms with Crippen molar-refractivity contribution >= 4 is 5.96 Å². The summed E-state index contributed by atoms with van der Waals surface area (Å²) in [5, 5.41) is 3.53. The molecular weight excluding hydrogens is 386 g/mol. The van der Waals surface area contributed by atoms with E-state index in [0.29, 0.717) is 6.04 Å². The van der Waals surface area contributed by atoms with Gasteiger partial charge in [0.2, 0.25) is 0 Å². The van der Waals surface area contributed by atoms with Crippen LogP contribution in [-0.2, 0) is 17.8 Å². The fourth-order valence-electron chi connectivity index (χ4n) is 5.15. The van der Waals surface area contributed by atoms with E-state index in [1.54, 1.807) is 0 Å². The molecule has 6 heteroatoms. The van der Waals surface area contributed by atoms with Crippen molar-refractivity contribution in [2.24, 2.45) is 4.99 Å². The summed E-state index contributed by atoms with van der Waals surface area (Å²) in [5.74, 6) is 1.07. The fourth-order valence-corrected chi connectivity index (χ4v) is 5.15. The molecule has 0 aliphatic carbocycles. The molecule has 1 aromatic rings. The minimum absolute atomic E-state index is 0.629. The maximum atomic E-state index is 5.53. The fraction of sp³-hybridized carbons (Fsp3) is 0.720. The second kappa shape index (κ2) is 11.8. The van der Waals surface area contributed by atoms with Crippen LogP contribution >= 0.6 is 0 Å². The van der Waals surface area contributed by atoms with Crippen LogP contribution in [0.1, 0.15) is 50.2 Å². The van der Waals surface area contributed by atoms with Gasteiger partial charge in [-0.3, -0.25) is 9.80 Å². The first kappa shape index (κ1) is 22.6. The third-order valence-corrected chi connectivity index (χ3v) is 6.87. The van der Waals surface area contributed by atoms with Crippen LogP contribution in [0.25, 0.3) is 0 Å². The van der Waals surface area contributed by atoms with Gasteiger partial charge in [0.1, 0.15) is 0 Å². The Kier molecular flexibility index (Phi) is 8.62. The number of hydrogen-bond donors (Lipinski definition) is 1. The Labute approximate surface area is 188 Å². The average Bonchev–Trinajstić information content (AvgIpc) is 3.16. The lowest BCUT2D eigenvalue weighted by Gasteiger charge is -2.32. The summed E-state index contributed by atoms with van der Waals surface area (Å²) >= 11 is 0. The number of nitrogens with zero attached hydrogens (tertiary/aromatic N) is 4. The molecule has 0 aromatic heterocycles. The molecule has 3 heterocycles. The third kappa shape index (κ3) is 6.67. The van der Waals surface area contributed by atoms with E-state index in [0.717, 1.165) is 65.0 Å². The number of hydrogen-bond acceptors (Lipinski definition) is 4. The maximum absolute atomic E-state index is 5.53. The molecule has 3 aliphatic heterocycles. The highest BCUT2D eigenvalue weighted by molar-refractivity contribution is 5.80. The van der Waals surface area contributed by atoms with Gasteiger partial charge >= 0.3 is 0 Å². The molecule has 3 fully saturated rings. The van der Waals surface area contributed by atoms with Gasteiger partial charge in [-0.2, -0.15) is 0 Å². The van der Waals surface area contributed by atoms with E-state index in [2.05, 4.69) is 51.2 Å². The highest BCUT2D eigenvalue weighted by atomic mass is 16.5. The molecule has 1 unspecified atom stereocenters. The largest absolute Gasteiger partial charge is 0.379 e. The molecule has 0 radical (unpaired) electrons. The van der Waals surface area contributed by atoms with Crippen molar-refractivity contribution in [1.82, 2.24) is 20.0 Å². The van der Waals surface area contributed by atoms with Gasteiger partial charge in [-0.05, 0) is 50.4 Å². The van der Waals surface area contributed by atoms with E-state index in [-0.39, 0.29) is 0 Å². The van der Waals surface area contributed by atoms with Crippen molar-refractivity contribution in [3.05, 3.63) is 35.4 Å². The minimum Gasteiger partial charge on any atom is -0.379 e. The Morgan fingerprint density at radius 2 is 1.81 bits per heavy atom. The molecule has 6 nitrogen and oxygen atoms in total. The molecule has 1 N–H and O–H groups in total. The Morgan fingerprint density at radius 3 is 2.58 bits per heavy atom. The second-order valence-corrected chi connectivity index (χ2v) is 9.22. The highest BCUT2D eigenvalue weighted by Crippen LogP contribution is 2.18. The van der Waals surface area contributed by atoms with E-state index in [9.17, 15) is 0 Å². The molecule has 0 bridgehead atoms. The first-order chi connectivity index (χ1) is 15.3. The number of morpholine rings is 1. The molecule has 0 amide bonds. The summed E-state index contributed by atoms with van der Waals surface area (Å²) < 4.78 is 5.53. The van der Waals surface area contributed by atoms with Crippen molar-refractivity contribution in [3.63, 3.8) is 0 Å². The third-order valence-electron chi connectivity index (χ3n) is 6.87. The summed E-state index contributed by atoms with van der Waals surface area (Å²) in [6.45, 7) is 13.4. The molecule has 1 aromatic carbocycles. The summed E-state index contributed by atoms with van der Waals surface area (Å²) in [5.41, 5.74) is 2.74. The SMILES string of the molecule is CCNC(=NCc1cccc(CN2CCCCCC2)c1)N1CCC(N2CCOCC2)C1. The molecule has 0 saturated carbocycles. The lowest BCUT2D eigenvalue weighted by molar-refractivity contribution is 0.0195. The number of guanidine groups is 1. The topological polar surface area (TPSA) is 43.3 Å². The van der Waals surface area contributed by atoms with Crippen LogP contribution in [0.3, 0.4) is 0 Å². The monoisotopic (exact) mass is 427 g/mol. The van der Waals surface area contributed by atoms with E-state index >= 15 is 0 Å². The lowest BCUT2D eigenvalue weighted by Crippen LogP contribution is -2.46. The van der Waals surface area contributed by atoms with Gasteiger partial charge in [-0.15, -0.1) is 0 Å². The molecule has 3 aliphatic rings. The van der Waals surface area contributed by atoms with Crippen LogP contribution in [0.4, 0.5) is 0 Å². The van der Waals surface area contributed by atoms with Crippen molar-refractivity contribution in [3.8, 4) is 0 Å². The molecule has 4 rings (SSSR count). The number of benzene rings is 1. The van der Waals surface area contributed by atoms with Crippen molar-refractivity contribution in [2.75, 3.05) is 59.0 Å². The normalized spacial score (nSPS) is 24.4. The Morgan fingerprint density at radius 1 is 1.03 bits per heavy atom. The van der Waals surface area contributed by atoms with E-state index < -0.39 is 0 Å². The summed E-state index contributed by atoms with van der Waals surface area (Å²) in [7, 11) is 0. The van der Waals surface area contributed by atoms with Crippen LogP contribution in [0.15, 0.2) is 29.3 Å². The Bertz CT molecular complexity index is 695. The number of ether oxygens (including phenoxy) is 1. The first-order valence-corrected chi connectivity index (χ1v) is 12.5. The molecule has 31 heavy (non-hydrogen) atoms. The molecule has 1 atom stereocenters. The van der Waals surface area contributed by atoms with Gasteiger partial charge in [0.25, 0.3) is 0 Å². The summed E-state index contributed by atoms with van der Waals surface area (Å²) in [6.07, 6.45) is 6.69. The minimum atomic E-state index is 0.629. The van der Waals surface area contributed by atoms with E-state index in [1.807, 2.05) is 0 Å². The van der Waals surface area contributed by atoms with Gasteiger partial charge in [-0.1, -0.05) is 37.1 Å². The van der Waals surface area contributed by atoms with Crippen molar-refractivity contribution in [1.29, 1.82) is 0 Å². The van der Waals surface area contributed by atoms with Gasteiger partial charge in [0.15, 0.2) is 5.96 Å². The standard InChI is InChI=1S/C25H41N5O/c1-2-26-25(30-13-10-24(21-30)29-14-16-31-17-15-29)27-19-22-8-7-9-23(18-22)20-28-11-5-3-4-6-12-28/h7-9,18,24H,2-6,10-17,19-21H2,1H3,(H,26,27). The maximum Gasteiger partial charge on any atom is 0.194 e. The Balaban J connectivity index is 1.35. The van der Waals surface area contributed by atoms with E-state index in [4.69, 9.17) is 9.73 Å². The van der Waals surface area contributed by atoms with Crippen LogP contribution in [0, 0.1) is 0 Å². The van der Waals surface area contributed by atoms with Crippen molar-refractivity contribution in [2.45, 2.75) is 58.2 Å². The molecule has 172 valence electrons. The summed E-state index contributed by atoms with van der Waals surface area (Å²) in [4.78, 5) is 12.7. The quantitative estimate of drug-likeness (QED) is 0.559. The first-order valence-electron chi connectivity index (χ1n) is 12.5. The van der Waals surface area contributed by atoms with E-state index in [1.165, 1.54) is 56.3 Å². The zero-order chi connectivity index (χ0) is 21.3. The predicted octanol–water partition coefficient (Wildman–Crippen LogP) is 2.93. The van der Waals surface area contributed by atoms with Crippen LogP contribution in [0.2, 0.25) is 0 Å². The number of nitrogens with one attached hydrogen (secondary N) is 1. The molecular formula is C25H41N5O. The Hall–Kier alpha value is -1.63. The average molecular weight is 428 g/mol. The predicted molar refractivity (Wildman–Crippen MR) is 127 cm³/mol. The number of aliphatic imine (C=N–C) groups is 1. The smallest absolute Gasteiger partial charge is 0.194 e. The van der Waals surface area contributed by atoms with Gasteiger partial charge < -0.3 is 15.0 Å². The van der Waals surface area contributed by atoms with Crippen LogP contribution in [0.5, 0.6) is 0 Å². The second-order valence-electron chi connectivity index (χ2n) is 9.22.